The van der Waals surface area contributed by atoms with Crippen LogP contribution in [0.2, 0.25) is 0 Å². The average Bonchev–Trinajstić information content (AvgIpc) is 3.16. The van der Waals surface area contributed by atoms with Crippen LogP contribution >= 0.6 is 12.4 Å². The molecule has 0 fully saturated rings. The number of nitrogens with one attached hydrogen (secondary N) is 1. The maximum absolute atomic E-state index is 12.4. The molecule has 0 amide bonds. The Hall–Kier alpha value is -3.62. The lowest BCUT2D eigenvalue weighted by Crippen LogP contribution is -2.29. The Balaban J connectivity index is 0.00000240. The molecule has 0 atom stereocenters. The van der Waals surface area contributed by atoms with E-state index in [0.29, 0.717) is 24.1 Å². The molecule has 0 aliphatic heterocycles. The second kappa shape index (κ2) is 9.05. The third-order valence-corrected chi connectivity index (χ3v) is 4.58. The third-order valence-electron chi connectivity index (χ3n) is 4.58. The van der Waals surface area contributed by atoms with Crippen molar-refractivity contribution in [3.05, 3.63) is 113 Å². The molecule has 0 unspecified atom stereocenters. The molecule has 4 aromatic rings. The van der Waals surface area contributed by atoms with Crippen molar-refractivity contribution in [2.24, 2.45) is 0 Å². The molecule has 0 aliphatic rings. The topological polar surface area (TPSA) is 79.4 Å². The van der Waals surface area contributed by atoms with Crippen molar-refractivity contribution in [2.45, 2.75) is 12.8 Å². The quantitative estimate of drug-likeness (QED) is 0.401. The lowest BCUT2D eigenvalue weighted by Gasteiger charge is -2.06. The minimum absolute atomic E-state index is 0. The van der Waals surface area contributed by atoms with Gasteiger partial charge in [0.25, 0.3) is 0 Å². The molecule has 2 aromatic carbocycles. The fourth-order valence-electron chi connectivity index (χ4n) is 3.16. The van der Waals surface area contributed by atoms with Crippen molar-refractivity contribution in [3.63, 3.8) is 0 Å². The van der Waals surface area contributed by atoms with Gasteiger partial charge in [-0.05, 0) is 35.9 Å². The van der Waals surface area contributed by atoms with Gasteiger partial charge in [-0.3, -0.25) is 0 Å². The molecule has 0 bridgehead atoms. The van der Waals surface area contributed by atoms with Gasteiger partial charge in [0.05, 0.1) is 11.6 Å². The van der Waals surface area contributed by atoms with Crippen LogP contribution in [0.15, 0.2) is 79.1 Å². The summed E-state index contributed by atoms with van der Waals surface area (Å²) in [5, 5.41) is 21.3. The SMILES string of the molecule is Cl.N#Cc1ccc(Cc2cnc(Cc3ccc(-c4ccccc4)[n+]([O-])c3)[nH]2)cc1. The van der Waals surface area contributed by atoms with Gasteiger partial charge >= 0.3 is 0 Å². The van der Waals surface area contributed by atoms with Crippen LogP contribution < -0.4 is 4.73 Å². The molecule has 0 aliphatic carbocycles. The third kappa shape index (κ3) is 4.81. The van der Waals surface area contributed by atoms with E-state index in [9.17, 15) is 5.21 Å². The fraction of sp³-hybridized carbons (Fsp3) is 0.0870. The Kier molecular flexibility index (Phi) is 6.28. The lowest BCUT2D eigenvalue weighted by molar-refractivity contribution is -0.594. The van der Waals surface area contributed by atoms with Crippen LogP contribution in [-0.4, -0.2) is 9.97 Å². The minimum Gasteiger partial charge on any atom is -0.618 e. The molecule has 0 saturated carbocycles. The minimum atomic E-state index is 0. The summed E-state index contributed by atoms with van der Waals surface area (Å²) in [6, 6.07) is 23.1. The normalized spacial score (nSPS) is 10.2. The van der Waals surface area contributed by atoms with E-state index < -0.39 is 0 Å². The number of halogens is 1. The average molecular weight is 403 g/mol. The van der Waals surface area contributed by atoms with Gasteiger partial charge in [0.2, 0.25) is 5.69 Å². The molecule has 2 aromatic heterocycles. The molecule has 1 N–H and O–H groups in total. The van der Waals surface area contributed by atoms with Crippen molar-refractivity contribution >= 4 is 12.4 Å². The predicted octanol–water partition coefficient (Wildman–Crippen LogP) is 4.19. The summed E-state index contributed by atoms with van der Waals surface area (Å²) in [6.07, 6.45) is 4.69. The Morgan fingerprint density at radius 2 is 1.66 bits per heavy atom. The second-order valence-corrected chi connectivity index (χ2v) is 6.63. The van der Waals surface area contributed by atoms with Gasteiger partial charge in [-0.1, -0.05) is 30.3 Å². The predicted molar refractivity (Wildman–Crippen MR) is 113 cm³/mol. The summed E-state index contributed by atoms with van der Waals surface area (Å²) in [5.74, 6) is 0.816. The molecule has 5 nitrogen and oxygen atoms in total. The molecule has 144 valence electrons. The molecule has 0 spiro atoms. The Labute approximate surface area is 175 Å². The molecular weight excluding hydrogens is 384 g/mol. The monoisotopic (exact) mass is 402 g/mol. The molecule has 0 saturated heterocycles. The van der Waals surface area contributed by atoms with E-state index in [-0.39, 0.29) is 12.4 Å². The zero-order valence-corrected chi connectivity index (χ0v) is 16.4. The summed E-state index contributed by atoms with van der Waals surface area (Å²) in [6.45, 7) is 0. The van der Waals surface area contributed by atoms with Crippen molar-refractivity contribution in [3.8, 4) is 17.3 Å². The van der Waals surface area contributed by atoms with Crippen LogP contribution in [0.3, 0.4) is 0 Å². The number of aromatic nitrogens is 3. The van der Waals surface area contributed by atoms with Crippen molar-refractivity contribution in [1.82, 2.24) is 9.97 Å². The van der Waals surface area contributed by atoms with E-state index >= 15 is 0 Å². The van der Waals surface area contributed by atoms with E-state index in [4.69, 9.17) is 5.26 Å². The summed E-state index contributed by atoms with van der Waals surface area (Å²) in [4.78, 5) is 7.75. The zero-order chi connectivity index (χ0) is 19.3. The molecule has 4 rings (SSSR count). The molecule has 0 radical (unpaired) electrons. The number of hydrogen-bond acceptors (Lipinski definition) is 3. The number of rotatable bonds is 5. The van der Waals surface area contributed by atoms with Crippen molar-refractivity contribution in [1.29, 1.82) is 5.26 Å². The molecule has 6 heteroatoms. The molecular formula is C23H19ClN4O. The Bertz CT molecular complexity index is 1130. The van der Waals surface area contributed by atoms with Crippen LogP contribution in [0.4, 0.5) is 0 Å². The van der Waals surface area contributed by atoms with E-state index in [0.717, 1.165) is 32.9 Å². The first-order valence-electron chi connectivity index (χ1n) is 9.00. The summed E-state index contributed by atoms with van der Waals surface area (Å²) in [5.41, 5.74) is 5.18. The number of hydrogen-bond donors (Lipinski definition) is 1. The molecule has 2 heterocycles. The maximum Gasteiger partial charge on any atom is 0.223 e. The van der Waals surface area contributed by atoms with Gasteiger partial charge < -0.3 is 10.2 Å². The summed E-state index contributed by atoms with van der Waals surface area (Å²) < 4.78 is 0.908. The summed E-state index contributed by atoms with van der Waals surface area (Å²) >= 11 is 0. The second-order valence-electron chi connectivity index (χ2n) is 6.63. The number of nitrogens with zero attached hydrogens (tertiary/aromatic N) is 3. The van der Waals surface area contributed by atoms with Crippen LogP contribution in [-0.2, 0) is 12.8 Å². The first-order chi connectivity index (χ1) is 13.7. The smallest absolute Gasteiger partial charge is 0.223 e. The first kappa shape index (κ1) is 20.1. The number of benzene rings is 2. The van der Waals surface area contributed by atoms with Crippen LogP contribution in [0.5, 0.6) is 0 Å². The van der Waals surface area contributed by atoms with Gasteiger partial charge in [0.15, 0.2) is 6.20 Å². The van der Waals surface area contributed by atoms with Gasteiger partial charge in [-0.2, -0.15) is 9.99 Å². The highest BCUT2D eigenvalue weighted by molar-refractivity contribution is 5.85. The highest BCUT2D eigenvalue weighted by Gasteiger charge is 2.11. The van der Waals surface area contributed by atoms with E-state index in [1.807, 2.05) is 72.9 Å². The van der Waals surface area contributed by atoms with Crippen LogP contribution in [0.25, 0.3) is 11.3 Å². The Morgan fingerprint density at radius 3 is 2.34 bits per heavy atom. The Morgan fingerprint density at radius 1 is 0.931 bits per heavy atom. The van der Waals surface area contributed by atoms with Crippen LogP contribution in [0.1, 0.15) is 28.2 Å². The first-order valence-corrected chi connectivity index (χ1v) is 9.00. The van der Waals surface area contributed by atoms with Gasteiger partial charge in [-0.25, -0.2) is 4.98 Å². The van der Waals surface area contributed by atoms with Gasteiger partial charge in [0, 0.05) is 41.9 Å². The highest BCUT2D eigenvalue weighted by Crippen LogP contribution is 2.16. The summed E-state index contributed by atoms with van der Waals surface area (Å²) in [7, 11) is 0. The van der Waals surface area contributed by atoms with E-state index in [1.165, 1.54) is 0 Å². The zero-order valence-electron chi connectivity index (χ0n) is 15.6. The number of H-pyrrole nitrogens is 1. The van der Waals surface area contributed by atoms with Crippen LogP contribution in [0, 0.1) is 16.5 Å². The molecule has 29 heavy (non-hydrogen) atoms. The number of nitriles is 1. The van der Waals surface area contributed by atoms with E-state index in [2.05, 4.69) is 16.0 Å². The lowest BCUT2D eigenvalue weighted by atomic mass is 10.1. The van der Waals surface area contributed by atoms with E-state index in [1.54, 1.807) is 6.20 Å². The van der Waals surface area contributed by atoms with Gasteiger partial charge in [-0.15, -0.1) is 12.4 Å². The maximum atomic E-state index is 12.4. The largest absolute Gasteiger partial charge is 0.618 e. The standard InChI is InChI=1S/C23H18N4O.ClH/c24-14-18-8-6-17(7-9-18)12-21-15-25-23(26-21)13-19-10-11-22(27(28)16-19)20-4-2-1-3-5-20;/h1-11,15-16H,12-13H2,(H,25,26);1H. The fourth-order valence-corrected chi connectivity index (χ4v) is 3.16. The highest BCUT2D eigenvalue weighted by atomic mass is 35.5. The number of imidazole rings is 1. The van der Waals surface area contributed by atoms with Crippen molar-refractivity contribution in [2.75, 3.05) is 0 Å². The number of aromatic amines is 1. The van der Waals surface area contributed by atoms with Gasteiger partial charge in [0.1, 0.15) is 5.82 Å². The van der Waals surface area contributed by atoms with Crippen molar-refractivity contribution < 1.29 is 4.73 Å². The number of pyridine rings is 1.